The highest BCUT2D eigenvalue weighted by atomic mass is 16.5. The molecule has 0 fully saturated rings. The van der Waals surface area contributed by atoms with Gasteiger partial charge in [-0.2, -0.15) is 0 Å². The van der Waals surface area contributed by atoms with Crippen LogP contribution in [0.4, 0.5) is 0 Å². The van der Waals surface area contributed by atoms with E-state index in [2.05, 4.69) is 0 Å². The Morgan fingerprint density at radius 2 is 1.76 bits per heavy atom. The first-order valence-corrected chi connectivity index (χ1v) is 6.07. The maximum atomic E-state index is 9.53. The third-order valence-electron chi connectivity index (χ3n) is 3.00. The summed E-state index contributed by atoms with van der Waals surface area (Å²) in [5.74, 6) is 0. The molecular formula is C11H26NO5+. The lowest BCUT2D eigenvalue weighted by Crippen LogP contribution is -2.55. The zero-order valence-corrected chi connectivity index (χ0v) is 10.6. The van der Waals surface area contributed by atoms with Crippen LogP contribution in [0.15, 0.2) is 0 Å². The number of nitrogens with zero attached hydrogens (tertiary/aromatic N) is 1. The lowest BCUT2D eigenvalue weighted by Gasteiger charge is -2.38. The quantitative estimate of drug-likeness (QED) is 0.257. The molecule has 0 aromatic rings. The van der Waals surface area contributed by atoms with Crippen molar-refractivity contribution in [2.75, 3.05) is 59.2 Å². The molecule has 104 valence electrons. The van der Waals surface area contributed by atoms with Crippen LogP contribution >= 0.6 is 0 Å². The number of quaternary nitrogens is 1. The van der Waals surface area contributed by atoms with Gasteiger partial charge in [-0.15, -0.1) is 0 Å². The van der Waals surface area contributed by atoms with Gasteiger partial charge in [0.25, 0.3) is 0 Å². The van der Waals surface area contributed by atoms with Crippen LogP contribution in [-0.4, -0.2) is 90.2 Å². The van der Waals surface area contributed by atoms with Crippen LogP contribution in [0.3, 0.4) is 0 Å². The van der Waals surface area contributed by atoms with E-state index in [0.29, 0.717) is 37.3 Å². The molecule has 0 saturated heterocycles. The van der Waals surface area contributed by atoms with Gasteiger partial charge in [0.2, 0.25) is 0 Å². The summed E-state index contributed by atoms with van der Waals surface area (Å²) in [6.45, 7) is 4.81. The average molecular weight is 252 g/mol. The van der Waals surface area contributed by atoms with E-state index in [1.807, 2.05) is 6.92 Å². The Morgan fingerprint density at radius 1 is 1.06 bits per heavy atom. The van der Waals surface area contributed by atoms with Gasteiger partial charge in [0, 0.05) is 0 Å². The van der Waals surface area contributed by atoms with E-state index in [0.717, 1.165) is 6.54 Å². The number of likely N-dealkylation sites (N-methyl/N-ethyl adjacent to an activating group) is 1. The molecule has 0 aliphatic carbocycles. The van der Waals surface area contributed by atoms with Gasteiger partial charge in [0.1, 0.15) is 25.7 Å². The van der Waals surface area contributed by atoms with Gasteiger partial charge in [0.05, 0.1) is 39.6 Å². The first-order chi connectivity index (χ1) is 8.14. The largest absolute Gasteiger partial charge is 0.394 e. The van der Waals surface area contributed by atoms with Crippen LogP contribution in [0, 0.1) is 0 Å². The number of aliphatic hydroxyl groups excluding tert-OH is 4. The molecule has 2 atom stereocenters. The Kier molecular flexibility index (Phi) is 9.62. The SMILES string of the molecule is CC[N+](CCO)(CCOCCO)CC(O)CO. The third kappa shape index (κ3) is 6.92. The molecule has 0 rings (SSSR count). The number of rotatable bonds is 11. The van der Waals surface area contributed by atoms with Gasteiger partial charge in [-0.3, -0.25) is 0 Å². The van der Waals surface area contributed by atoms with E-state index in [9.17, 15) is 5.11 Å². The summed E-state index contributed by atoms with van der Waals surface area (Å²) in [6.07, 6.45) is -0.778. The fraction of sp³-hybridized carbons (Fsp3) is 1.00. The first-order valence-electron chi connectivity index (χ1n) is 6.07. The van der Waals surface area contributed by atoms with Gasteiger partial charge in [0.15, 0.2) is 0 Å². The maximum absolute atomic E-state index is 9.53. The highest BCUT2D eigenvalue weighted by molar-refractivity contribution is 4.54. The first kappa shape index (κ1) is 16.8. The van der Waals surface area contributed by atoms with Crippen molar-refractivity contribution in [3.05, 3.63) is 0 Å². The molecule has 0 bridgehead atoms. The summed E-state index contributed by atoms with van der Waals surface area (Å²) in [4.78, 5) is 0. The fourth-order valence-electron chi connectivity index (χ4n) is 1.88. The monoisotopic (exact) mass is 252 g/mol. The molecule has 0 saturated carbocycles. The van der Waals surface area contributed by atoms with Gasteiger partial charge >= 0.3 is 0 Å². The molecule has 0 aliphatic heterocycles. The zero-order valence-electron chi connectivity index (χ0n) is 10.6. The molecule has 0 aliphatic rings. The molecular weight excluding hydrogens is 226 g/mol. The van der Waals surface area contributed by atoms with Gasteiger partial charge in [-0.05, 0) is 6.92 Å². The van der Waals surface area contributed by atoms with E-state index in [1.165, 1.54) is 0 Å². The van der Waals surface area contributed by atoms with Crippen LogP contribution in [0.2, 0.25) is 0 Å². The van der Waals surface area contributed by atoms with Gasteiger partial charge in [-0.25, -0.2) is 0 Å². The lowest BCUT2D eigenvalue weighted by atomic mass is 10.2. The molecule has 0 spiro atoms. The smallest absolute Gasteiger partial charge is 0.126 e. The Morgan fingerprint density at radius 3 is 2.24 bits per heavy atom. The maximum Gasteiger partial charge on any atom is 0.126 e. The molecule has 0 aromatic heterocycles. The summed E-state index contributed by atoms with van der Waals surface area (Å²) >= 11 is 0. The normalized spacial score (nSPS) is 16.8. The summed E-state index contributed by atoms with van der Waals surface area (Å²) in [7, 11) is 0. The van der Waals surface area contributed by atoms with Crippen molar-refractivity contribution in [1.29, 1.82) is 0 Å². The third-order valence-corrected chi connectivity index (χ3v) is 3.00. The Labute approximate surface area is 103 Å². The second-order valence-corrected chi connectivity index (χ2v) is 4.18. The Hall–Kier alpha value is -0.240. The molecule has 0 heterocycles. The van der Waals surface area contributed by atoms with Crippen LogP contribution in [0.25, 0.3) is 0 Å². The number of aliphatic hydroxyl groups is 4. The van der Waals surface area contributed by atoms with Crippen molar-refractivity contribution in [3.8, 4) is 0 Å². The molecule has 0 amide bonds. The molecule has 0 radical (unpaired) electrons. The van der Waals surface area contributed by atoms with Crippen LogP contribution in [0.5, 0.6) is 0 Å². The summed E-state index contributed by atoms with van der Waals surface area (Å²) < 4.78 is 5.71. The van der Waals surface area contributed by atoms with E-state index in [-0.39, 0.29) is 19.8 Å². The number of hydrogen-bond donors (Lipinski definition) is 4. The second-order valence-electron chi connectivity index (χ2n) is 4.18. The minimum atomic E-state index is -0.778. The van der Waals surface area contributed by atoms with E-state index in [4.69, 9.17) is 20.1 Å². The molecule has 2 unspecified atom stereocenters. The molecule has 4 N–H and O–H groups in total. The minimum Gasteiger partial charge on any atom is -0.394 e. The molecule has 0 aromatic carbocycles. The average Bonchev–Trinajstić information content (AvgIpc) is 2.34. The minimum absolute atomic E-state index is 0.00854. The molecule has 6 nitrogen and oxygen atoms in total. The van der Waals surface area contributed by atoms with Crippen molar-refractivity contribution < 1.29 is 29.6 Å². The zero-order chi connectivity index (χ0) is 13.1. The predicted octanol–water partition coefficient (Wildman–Crippen LogP) is -1.82. The van der Waals surface area contributed by atoms with E-state index in [1.54, 1.807) is 0 Å². The molecule has 6 heteroatoms. The second kappa shape index (κ2) is 9.76. The Bertz CT molecular complexity index is 181. The number of ether oxygens (including phenoxy) is 1. The van der Waals surface area contributed by atoms with Crippen molar-refractivity contribution in [2.45, 2.75) is 13.0 Å². The van der Waals surface area contributed by atoms with Crippen molar-refractivity contribution in [3.63, 3.8) is 0 Å². The van der Waals surface area contributed by atoms with Crippen molar-refractivity contribution in [1.82, 2.24) is 0 Å². The summed E-state index contributed by atoms with van der Waals surface area (Å²) in [6, 6.07) is 0. The lowest BCUT2D eigenvalue weighted by molar-refractivity contribution is -0.929. The summed E-state index contributed by atoms with van der Waals surface area (Å²) in [5, 5.41) is 36.1. The van der Waals surface area contributed by atoms with Gasteiger partial charge in [-0.1, -0.05) is 0 Å². The predicted molar refractivity (Wildman–Crippen MR) is 63.5 cm³/mol. The van der Waals surface area contributed by atoms with E-state index >= 15 is 0 Å². The van der Waals surface area contributed by atoms with E-state index < -0.39 is 6.10 Å². The van der Waals surface area contributed by atoms with Crippen LogP contribution in [0.1, 0.15) is 6.92 Å². The standard InChI is InChI=1S/C11H26NO5/c1-2-12(3-5-13,9-11(16)10-15)4-7-17-8-6-14/h11,13-16H,2-10H2,1H3/q+1. The van der Waals surface area contributed by atoms with Crippen molar-refractivity contribution in [2.24, 2.45) is 0 Å². The topological polar surface area (TPSA) is 90.2 Å². The highest BCUT2D eigenvalue weighted by Crippen LogP contribution is 2.08. The van der Waals surface area contributed by atoms with Gasteiger partial charge < -0.3 is 29.6 Å². The molecule has 17 heavy (non-hydrogen) atoms. The van der Waals surface area contributed by atoms with Crippen LogP contribution < -0.4 is 0 Å². The Balaban J connectivity index is 4.25. The summed E-state index contributed by atoms with van der Waals surface area (Å²) in [5.41, 5.74) is 0. The highest BCUT2D eigenvalue weighted by Gasteiger charge is 2.27. The van der Waals surface area contributed by atoms with Crippen molar-refractivity contribution >= 4 is 0 Å². The number of hydrogen-bond acceptors (Lipinski definition) is 5. The van der Waals surface area contributed by atoms with Crippen LogP contribution in [-0.2, 0) is 4.74 Å². The fourth-order valence-corrected chi connectivity index (χ4v) is 1.88.